The summed E-state index contributed by atoms with van der Waals surface area (Å²) >= 11 is 0. The van der Waals surface area contributed by atoms with E-state index in [0.29, 0.717) is 17.9 Å². The monoisotopic (exact) mass is 354 g/mol. The van der Waals surface area contributed by atoms with Crippen molar-refractivity contribution in [1.82, 2.24) is 0 Å². The van der Waals surface area contributed by atoms with Gasteiger partial charge in [0.1, 0.15) is 11.5 Å². The fourth-order valence-corrected chi connectivity index (χ4v) is 2.54. The first-order valence-electron chi connectivity index (χ1n) is 8.64. The molecule has 0 amide bonds. The molecular formula is C22H26O4. The van der Waals surface area contributed by atoms with E-state index in [-0.39, 0.29) is 12.2 Å². The molecule has 0 saturated heterocycles. The Hall–Kier alpha value is -2.75. The van der Waals surface area contributed by atoms with Gasteiger partial charge >= 0.3 is 5.97 Å². The van der Waals surface area contributed by atoms with Crippen molar-refractivity contribution < 1.29 is 19.0 Å². The summed E-state index contributed by atoms with van der Waals surface area (Å²) in [5, 5.41) is 0. The van der Waals surface area contributed by atoms with E-state index in [1.165, 1.54) is 5.56 Å². The van der Waals surface area contributed by atoms with Gasteiger partial charge in [0.05, 0.1) is 6.61 Å². The fraction of sp³-hybridized carbons (Fsp3) is 0.318. The van der Waals surface area contributed by atoms with Crippen LogP contribution in [-0.4, -0.2) is 19.4 Å². The maximum atomic E-state index is 11.3. The van der Waals surface area contributed by atoms with Gasteiger partial charge in [-0.15, -0.1) is 0 Å². The molecule has 0 fully saturated rings. The normalized spacial score (nSPS) is 10.9. The average Bonchev–Trinajstić information content (AvgIpc) is 2.62. The summed E-state index contributed by atoms with van der Waals surface area (Å²) in [7, 11) is 0. The molecule has 2 aromatic carbocycles. The van der Waals surface area contributed by atoms with E-state index in [0.717, 1.165) is 11.3 Å². The van der Waals surface area contributed by atoms with Crippen LogP contribution in [0.2, 0.25) is 0 Å². The van der Waals surface area contributed by atoms with E-state index >= 15 is 0 Å². The van der Waals surface area contributed by atoms with Crippen molar-refractivity contribution in [2.45, 2.75) is 33.1 Å². The maximum Gasteiger partial charge on any atom is 0.335 e. The molecule has 0 heterocycles. The third kappa shape index (κ3) is 4.88. The third-order valence-corrected chi connectivity index (χ3v) is 4.23. The first-order chi connectivity index (χ1) is 12.3. The van der Waals surface area contributed by atoms with E-state index < -0.39 is 5.97 Å². The average molecular weight is 354 g/mol. The van der Waals surface area contributed by atoms with Gasteiger partial charge in [-0.2, -0.15) is 0 Å². The van der Waals surface area contributed by atoms with Crippen molar-refractivity contribution in [2.24, 2.45) is 0 Å². The topological polar surface area (TPSA) is 44.8 Å². The molecule has 2 aromatic rings. The van der Waals surface area contributed by atoms with Crippen LogP contribution >= 0.6 is 0 Å². The molecule has 0 saturated carbocycles. The third-order valence-electron chi connectivity index (χ3n) is 4.23. The summed E-state index contributed by atoms with van der Waals surface area (Å²) < 4.78 is 15.9. The molecule has 0 aliphatic carbocycles. The molecule has 0 atom stereocenters. The Kier molecular flexibility index (Phi) is 6.45. The highest BCUT2D eigenvalue weighted by Crippen LogP contribution is 2.33. The minimum Gasteiger partial charge on any atom is -0.494 e. The lowest BCUT2D eigenvalue weighted by Crippen LogP contribution is -2.18. The summed E-state index contributed by atoms with van der Waals surface area (Å²) in [5.41, 5.74) is 2.55. The van der Waals surface area contributed by atoms with Crippen LogP contribution in [-0.2, 0) is 14.9 Å². The predicted octanol–water partition coefficient (Wildman–Crippen LogP) is 4.87. The quantitative estimate of drug-likeness (QED) is 0.385. The zero-order valence-electron chi connectivity index (χ0n) is 15.9. The van der Waals surface area contributed by atoms with Crippen LogP contribution in [0.25, 0.3) is 0 Å². The summed E-state index contributed by atoms with van der Waals surface area (Å²) in [6.07, 6.45) is 0. The first-order valence-corrected chi connectivity index (χ1v) is 8.64. The molecule has 0 aromatic heterocycles. The van der Waals surface area contributed by atoms with Crippen LogP contribution in [0.4, 0.5) is 0 Å². The number of rotatable bonds is 8. The standard InChI is InChI=1S/C22H26O4/c1-6-24-19-11-7-17(8-12-19)22(4,5)18-9-13-20(14-10-18)25-15-26-21(23)16(2)3/h7-14H,2,6,15H2,1,3-5H3. The number of carbonyl (C=O) groups is 1. The van der Waals surface area contributed by atoms with Gasteiger partial charge in [0, 0.05) is 11.0 Å². The molecule has 26 heavy (non-hydrogen) atoms. The van der Waals surface area contributed by atoms with Crippen molar-refractivity contribution >= 4 is 5.97 Å². The molecule has 0 unspecified atom stereocenters. The largest absolute Gasteiger partial charge is 0.494 e. The van der Waals surface area contributed by atoms with Crippen LogP contribution in [0.3, 0.4) is 0 Å². The minimum atomic E-state index is -0.460. The molecule has 4 heteroatoms. The zero-order chi connectivity index (χ0) is 19.2. The molecule has 0 N–H and O–H groups in total. The number of hydrogen-bond donors (Lipinski definition) is 0. The summed E-state index contributed by atoms with van der Waals surface area (Å²) in [4.78, 5) is 11.3. The van der Waals surface area contributed by atoms with Gasteiger partial charge in [0.25, 0.3) is 0 Å². The van der Waals surface area contributed by atoms with Gasteiger partial charge in [-0.1, -0.05) is 44.7 Å². The predicted molar refractivity (Wildman–Crippen MR) is 103 cm³/mol. The Balaban J connectivity index is 2.03. The first kappa shape index (κ1) is 19.6. The smallest absolute Gasteiger partial charge is 0.335 e. The van der Waals surface area contributed by atoms with E-state index in [9.17, 15) is 4.79 Å². The SMILES string of the molecule is C=C(C)C(=O)OCOc1ccc(C(C)(C)c2ccc(OCC)cc2)cc1. The molecular weight excluding hydrogens is 328 g/mol. The van der Waals surface area contributed by atoms with Crippen molar-refractivity contribution in [3.63, 3.8) is 0 Å². The highest BCUT2D eigenvalue weighted by molar-refractivity contribution is 5.86. The van der Waals surface area contributed by atoms with Gasteiger partial charge in [0.15, 0.2) is 0 Å². The highest BCUT2D eigenvalue weighted by atomic mass is 16.7. The Bertz CT molecular complexity index is 743. The zero-order valence-corrected chi connectivity index (χ0v) is 15.9. The Morgan fingerprint density at radius 3 is 1.81 bits per heavy atom. The number of hydrogen-bond acceptors (Lipinski definition) is 4. The lowest BCUT2D eigenvalue weighted by molar-refractivity contribution is -0.145. The summed E-state index contributed by atoms with van der Waals surface area (Å²) in [6.45, 7) is 12.0. The van der Waals surface area contributed by atoms with Gasteiger partial charge in [-0.05, 0) is 49.2 Å². The Labute approximate surface area is 155 Å². The second-order valence-electron chi connectivity index (χ2n) is 6.58. The molecule has 0 aliphatic heterocycles. The van der Waals surface area contributed by atoms with Crippen LogP contribution < -0.4 is 9.47 Å². The van der Waals surface area contributed by atoms with E-state index in [1.54, 1.807) is 6.92 Å². The Morgan fingerprint density at radius 1 is 0.923 bits per heavy atom. The van der Waals surface area contributed by atoms with E-state index in [4.69, 9.17) is 14.2 Å². The lowest BCUT2D eigenvalue weighted by Gasteiger charge is -2.26. The van der Waals surface area contributed by atoms with Gasteiger partial charge in [-0.3, -0.25) is 0 Å². The van der Waals surface area contributed by atoms with Crippen molar-refractivity contribution in [3.05, 3.63) is 71.8 Å². The van der Waals surface area contributed by atoms with E-state index in [1.807, 2.05) is 43.3 Å². The molecule has 0 aliphatic rings. The van der Waals surface area contributed by atoms with Crippen molar-refractivity contribution in [3.8, 4) is 11.5 Å². The number of ether oxygens (including phenoxy) is 3. The molecule has 0 bridgehead atoms. The van der Waals surface area contributed by atoms with Crippen LogP contribution in [0.1, 0.15) is 38.8 Å². The molecule has 138 valence electrons. The van der Waals surface area contributed by atoms with Crippen LogP contribution in [0, 0.1) is 0 Å². The van der Waals surface area contributed by atoms with E-state index in [2.05, 4.69) is 32.6 Å². The van der Waals surface area contributed by atoms with Crippen LogP contribution in [0.5, 0.6) is 11.5 Å². The van der Waals surface area contributed by atoms with Gasteiger partial charge in [-0.25, -0.2) is 4.79 Å². The van der Waals surface area contributed by atoms with Crippen molar-refractivity contribution in [1.29, 1.82) is 0 Å². The minimum absolute atomic E-state index is 0.132. The maximum absolute atomic E-state index is 11.3. The number of benzene rings is 2. The van der Waals surface area contributed by atoms with Gasteiger partial charge < -0.3 is 14.2 Å². The fourth-order valence-electron chi connectivity index (χ4n) is 2.54. The van der Waals surface area contributed by atoms with Crippen molar-refractivity contribution in [2.75, 3.05) is 13.4 Å². The van der Waals surface area contributed by atoms with Gasteiger partial charge in [0.2, 0.25) is 6.79 Å². The molecule has 0 radical (unpaired) electrons. The second-order valence-corrected chi connectivity index (χ2v) is 6.58. The Morgan fingerprint density at radius 2 is 1.38 bits per heavy atom. The second kappa shape index (κ2) is 8.56. The molecule has 0 spiro atoms. The van der Waals surface area contributed by atoms with Crippen LogP contribution in [0.15, 0.2) is 60.7 Å². The highest BCUT2D eigenvalue weighted by Gasteiger charge is 2.23. The number of carbonyl (C=O) groups excluding carboxylic acids is 1. The summed E-state index contributed by atoms with van der Waals surface area (Å²) in [5.74, 6) is 1.06. The molecule has 4 nitrogen and oxygen atoms in total. The summed E-state index contributed by atoms with van der Waals surface area (Å²) in [6, 6.07) is 16.0. The number of esters is 1. The lowest BCUT2D eigenvalue weighted by atomic mass is 9.78. The molecule has 2 rings (SSSR count).